The molecule has 0 bridgehead atoms. The van der Waals surface area contributed by atoms with Gasteiger partial charge in [0.2, 0.25) is 5.91 Å². The highest BCUT2D eigenvalue weighted by atomic mass is 19.1. The minimum absolute atomic E-state index is 0.0837. The number of hydrogen-bond acceptors (Lipinski definition) is 3. The predicted molar refractivity (Wildman–Crippen MR) is 106 cm³/mol. The molecule has 28 heavy (non-hydrogen) atoms. The lowest BCUT2D eigenvalue weighted by Gasteiger charge is -2.22. The van der Waals surface area contributed by atoms with Crippen molar-refractivity contribution in [3.8, 4) is 0 Å². The highest BCUT2D eigenvalue weighted by Gasteiger charge is 2.15. The number of halogens is 1. The summed E-state index contributed by atoms with van der Waals surface area (Å²) in [6, 6.07) is 14.7. The van der Waals surface area contributed by atoms with Crippen molar-refractivity contribution in [1.82, 2.24) is 5.32 Å². The first-order valence-corrected chi connectivity index (χ1v) is 9.90. The Morgan fingerprint density at radius 2 is 1.93 bits per heavy atom. The van der Waals surface area contributed by atoms with E-state index in [4.69, 9.17) is 9.47 Å². The monoisotopic (exact) mass is 385 g/mol. The molecule has 1 heterocycles. The van der Waals surface area contributed by atoms with Crippen molar-refractivity contribution in [2.45, 2.75) is 51.4 Å². The number of nitrogens with one attached hydrogen (secondary N) is 1. The number of carbonyl (C=O) groups excluding carboxylic acids is 1. The van der Waals surface area contributed by atoms with Crippen LogP contribution >= 0.6 is 0 Å². The molecule has 0 aromatic heterocycles. The quantitative estimate of drug-likeness (QED) is 0.736. The van der Waals surface area contributed by atoms with E-state index in [-0.39, 0.29) is 30.2 Å². The average molecular weight is 385 g/mol. The van der Waals surface area contributed by atoms with E-state index in [1.54, 1.807) is 18.2 Å². The fourth-order valence-corrected chi connectivity index (χ4v) is 3.42. The van der Waals surface area contributed by atoms with E-state index in [9.17, 15) is 9.18 Å². The fourth-order valence-electron chi connectivity index (χ4n) is 3.42. The molecule has 1 aliphatic rings. The molecule has 4 nitrogen and oxygen atoms in total. The summed E-state index contributed by atoms with van der Waals surface area (Å²) in [4.78, 5) is 12.3. The van der Waals surface area contributed by atoms with Gasteiger partial charge in [0, 0.05) is 26.2 Å². The number of benzene rings is 2. The van der Waals surface area contributed by atoms with Crippen LogP contribution in [0.5, 0.6) is 0 Å². The molecule has 1 N–H and O–H groups in total. The molecular formula is C23H28FNO3. The van der Waals surface area contributed by atoms with Gasteiger partial charge in [-0.2, -0.15) is 0 Å². The van der Waals surface area contributed by atoms with Gasteiger partial charge >= 0.3 is 0 Å². The standard InChI is InChI=1S/C23H28FNO3/c1-17(21-7-2-3-8-22(21)24)13-23(26)25-15-18-5-4-6-19(14-18)16-28-20-9-11-27-12-10-20/h2-8,14,17,20H,9-13,15-16H2,1H3,(H,25,26). The van der Waals surface area contributed by atoms with Crippen LogP contribution in [-0.2, 0) is 27.4 Å². The highest BCUT2D eigenvalue weighted by molar-refractivity contribution is 5.76. The number of amides is 1. The van der Waals surface area contributed by atoms with Gasteiger partial charge in [-0.05, 0) is 41.5 Å². The van der Waals surface area contributed by atoms with Crippen LogP contribution in [0.15, 0.2) is 48.5 Å². The van der Waals surface area contributed by atoms with Gasteiger partial charge in [0.25, 0.3) is 0 Å². The molecule has 2 aromatic rings. The average Bonchev–Trinajstić information content (AvgIpc) is 2.72. The zero-order valence-corrected chi connectivity index (χ0v) is 16.3. The molecule has 0 aliphatic carbocycles. The molecule has 150 valence electrons. The van der Waals surface area contributed by atoms with Crippen LogP contribution in [0.25, 0.3) is 0 Å². The number of ether oxygens (including phenoxy) is 2. The maximum atomic E-state index is 13.8. The van der Waals surface area contributed by atoms with Crippen LogP contribution in [0.2, 0.25) is 0 Å². The molecular weight excluding hydrogens is 357 g/mol. The third-order valence-corrected chi connectivity index (χ3v) is 5.06. The first-order chi connectivity index (χ1) is 13.6. The summed E-state index contributed by atoms with van der Waals surface area (Å²) in [6.07, 6.45) is 2.40. The van der Waals surface area contributed by atoms with Crippen molar-refractivity contribution in [2.75, 3.05) is 13.2 Å². The van der Waals surface area contributed by atoms with Crippen LogP contribution in [-0.4, -0.2) is 25.2 Å². The largest absolute Gasteiger partial charge is 0.381 e. The summed E-state index contributed by atoms with van der Waals surface area (Å²) in [5.74, 6) is -0.514. The smallest absolute Gasteiger partial charge is 0.220 e. The summed E-state index contributed by atoms with van der Waals surface area (Å²) < 4.78 is 25.1. The molecule has 1 aliphatic heterocycles. The molecule has 1 fully saturated rings. The van der Waals surface area contributed by atoms with Gasteiger partial charge in [-0.1, -0.05) is 49.4 Å². The molecule has 3 rings (SSSR count). The molecule has 5 heteroatoms. The number of carbonyl (C=O) groups is 1. The molecule has 0 saturated carbocycles. The zero-order valence-electron chi connectivity index (χ0n) is 16.3. The van der Waals surface area contributed by atoms with Crippen molar-refractivity contribution in [2.24, 2.45) is 0 Å². The number of hydrogen-bond donors (Lipinski definition) is 1. The van der Waals surface area contributed by atoms with Crippen LogP contribution < -0.4 is 5.32 Å². The Morgan fingerprint density at radius 3 is 2.71 bits per heavy atom. The van der Waals surface area contributed by atoms with Gasteiger partial charge in [0.1, 0.15) is 5.82 Å². The molecule has 2 aromatic carbocycles. The molecule has 1 amide bonds. The normalized spacial score (nSPS) is 15.9. The van der Waals surface area contributed by atoms with Crippen LogP contribution in [0, 0.1) is 5.82 Å². The van der Waals surface area contributed by atoms with Crippen LogP contribution in [0.4, 0.5) is 4.39 Å². The van der Waals surface area contributed by atoms with Crippen LogP contribution in [0.1, 0.15) is 48.8 Å². The van der Waals surface area contributed by atoms with Crippen molar-refractivity contribution in [3.63, 3.8) is 0 Å². The predicted octanol–water partition coefficient (Wildman–Crippen LogP) is 4.33. The molecule has 0 radical (unpaired) electrons. The lowest BCUT2D eigenvalue weighted by atomic mass is 9.97. The Bertz CT molecular complexity index is 774. The highest BCUT2D eigenvalue weighted by Crippen LogP contribution is 2.21. The first kappa shape index (κ1) is 20.5. The first-order valence-electron chi connectivity index (χ1n) is 9.90. The van der Waals surface area contributed by atoms with Crippen molar-refractivity contribution >= 4 is 5.91 Å². The Labute approximate surface area is 166 Å². The summed E-state index contributed by atoms with van der Waals surface area (Å²) in [5.41, 5.74) is 2.70. The summed E-state index contributed by atoms with van der Waals surface area (Å²) in [6.45, 7) is 4.42. The van der Waals surface area contributed by atoms with Gasteiger partial charge in [-0.15, -0.1) is 0 Å². The van der Waals surface area contributed by atoms with E-state index in [1.165, 1.54) is 6.07 Å². The lowest BCUT2D eigenvalue weighted by molar-refractivity contribution is -0.121. The number of rotatable bonds is 8. The summed E-state index contributed by atoms with van der Waals surface area (Å²) >= 11 is 0. The Morgan fingerprint density at radius 1 is 1.18 bits per heavy atom. The van der Waals surface area contributed by atoms with E-state index in [2.05, 4.69) is 11.4 Å². The minimum Gasteiger partial charge on any atom is -0.381 e. The van der Waals surface area contributed by atoms with Crippen LogP contribution in [0.3, 0.4) is 0 Å². The molecule has 1 unspecified atom stereocenters. The second-order valence-electron chi connectivity index (χ2n) is 7.35. The maximum Gasteiger partial charge on any atom is 0.220 e. The zero-order chi connectivity index (χ0) is 19.8. The van der Waals surface area contributed by atoms with E-state index in [0.29, 0.717) is 18.7 Å². The van der Waals surface area contributed by atoms with Gasteiger partial charge in [0.05, 0.1) is 12.7 Å². The Hall–Kier alpha value is -2.24. The van der Waals surface area contributed by atoms with Crippen molar-refractivity contribution in [3.05, 3.63) is 71.0 Å². The second-order valence-corrected chi connectivity index (χ2v) is 7.35. The van der Waals surface area contributed by atoms with Gasteiger partial charge in [-0.3, -0.25) is 4.79 Å². The molecule has 1 atom stereocenters. The fraction of sp³-hybridized carbons (Fsp3) is 0.435. The SMILES string of the molecule is CC(CC(=O)NCc1cccc(COC2CCOCC2)c1)c1ccccc1F. The summed E-state index contributed by atoms with van der Waals surface area (Å²) in [7, 11) is 0. The molecule has 1 saturated heterocycles. The topological polar surface area (TPSA) is 47.6 Å². The molecule has 0 spiro atoms. The maximum absolute atomic E-state index is 13.8. The lowest BCUT2D eigenvalue weighted by Crippen LogP contribution is -2.24. The van der Waals surface area contributed by atoms with E-state index >= 15 is 0 Å². The third-order valence-electron chi connectivity index (χ3n) is 5.06. The second kappa shape index (κ2) is 10.3. The van der Waals surface area contributed by atoms with Gasteiger partial charge in [0.15, 0.2) is 0 Å². The van der Waals surface area contributed by atoms with Crippen molar-refractivity contribution in [1.29, 1.82) is 0 Å². The minimum atomic E-state index is -0.264. The van der Waals surface area contributed by atoms with Crippen molar-refractivity contribution < 1.29 is 18.7 Å². The Kier molecular flexibility index (Phi) is 7.57. The Balaban J connectivity index is 1.46. The van der Waals surface area contributed by atoms with E-state index in [0.717, 1.165) is 37.2 Å². The van der Waals surface area contributed by atoms with Gasteiger partial charge in [-0.25, -0.2) is 4.39 Å². The third kappa shape index (κ3) is 6.14. The van der Waals surface area contributed by atoms with Gasteiger partial charge < -0.3 is 14.8 Å². The van der Waals surface area contributed by atoms with E-state index < -0.39 is 0 Å². The van der Waals surface area contributed by atoms with E-state index in [1.807, 2.05) is 25.1 Å². The summed E-state index contributed by atoms with van der Waals surface area (Å²) in [5, 5.41) is 2.93.